The Morgan fingerprint density at radius 1 is 1.28 bits per heavy atom. The fourth-order valence-corrected chi connectivity index (χ4v) is 4.54. The van der Waals surface area contributed by atoms with E-state index in [0.29, 0.717) is 35.5 Å². The molecule has 0 spiro atoms. The van der Waals surface area contributed by atoms with Gasteiger partial charge in [-0.2, -0.15) is 4.98 Å². The van der Waals surface area contributed by atoms with E-state index in [1.165, 1.54) is 5.56 Å². The maximum absolute atomic E-state index is 12.9. The van der Waals surface area contributed by atoms with Crippen LogP contribution < -0.4 is 4.90 Å². The zero-order valence-corrected chi connectivity index (χ0v) is 16.9. The second-order valence-corrected chi connectivity index (χ2v) is 8.38. The second-order valence-electron chi connectivity index (χ2n) is 7.94. The lowest BCUT2D eigenvalue weighted by Gasteiger charge is -2.34. The van der Waals surface area contributed by atoms with Crippen LogP contribution in [0, 0.1) is 5.92 Å². The summed E-state index contributed by atoms with van der Waals surface area (Å²) < 4.78 is 5.93. The number of halogens is 1. The Bertz CT molecular complexity index is 1050. The standard InChI is InChI=1S/C22H23ClN4O2/c23-17-5-6-19-20(12-17)29-22(25-19)27-9-2-3-15(13-27)11-21(28)26-10-7-18-16(14-26)4-1-8-24-18/h1,4-6,8,12,15H,2-3,7,9-11,13-14H2. The third kappa shape index (κ3) is 3.81. The van der Waals surface area contributed by atoms with E-state index < -0.39 is 0 Å². The third-order valence-corrected chi connectivity index (χ3v) is 6.14. The van der Waals surface area contributed by atoms with Crippen molar-refractivity contribution in [1.82, 2.24) is 14.9 Å². The van der Waals surface area contributed by atoms with Gasteiger partial charge in [-0.25, -0.2) is 0 Å². The Labute approximate surface area is 174 Å². The van der Waals surface area contributed by atoms with Crippen molar-refractivity contribution >= 4 is 34.6 Å². The highest BCUT2D eigenvalue weighted by Gasteiger charge is 2.28. The molecule has 5 rings (SSSR count). The summed E-state index contributed by atoms with van der Waals surface area (Å²) in [6, 6.07) is 10.1. The number of rotatable bonds is 3. The summed E-state index contributed by atoms with van der Waals surface area (Å²) in [5.74, 6) is 0.542. The first-order valence-electron chi connectivity index (χ1n) is 10.2. The number of carbonyl (C=O) groups is 1. The smallest absolute Gasteiger partial charge is 0.298 e. The van der Waals surface area contributed by atoms with E-state index in [1.807, 2.05) is 29.3 Å². The molecule has 0 N–H and O–H groups in total. The number of hydrogen-bond donors (Lipinski definition) is 0. The summed E-state index contributed by atoms with van der Waals surface area (Å²) in [5, 5.41) is 0.639. The summed E-state index contributed by atoms with van der Waals surface area (Å²) >= 11 is 6.05. The van der Waals surface area contributed by atoms with Gasteiger partial charge in [0.05, 0.1) is 0 Å². The van der Waals surface area contributed by atoms with Crippen LogP contribution in [0.15, 0.2) is 40.9 Å². The highest BCUT2D eigenvalue weighted by atomic mass is 35.5. The molecule has 1 amide bonds. The first kappa shape index (κ1) is 18.4. The number of fused-ring (bicyclic) bond motifs is 2. The lowest BCUT2D eigenvalue weighted by atomic mass is 9.94. The van der Waals surface area contributed by atoms with Crippen LogP contribution in [0.5, 0.6) is 0 Å². The molecule has 1 atom stereocenters. The van der Waals surface area contributed by atoms with E-state index in [0.717, 1.165) is 50.1 Å². The Kier molecular flexibility index (Phi) is 4.87. The van der Waals surface area contributed by atoms with Gasteiger partial charge in [0.1, 0.15) is 5.52 Å². The number of oxazole rings is 1. The maximum atomic E-state index is 12.9. The third-order valence-electron chi connectivity index (χ3n) is 5.91. The normalized spacial score (nSPS) is 19.4. The minimum atomic E-state index is 0.232. The van der Waals surface area contributed by atoms with Crippen LogP contribution in [0.1, 0.15) is 30.5 Å². The molecule has 2 aromatic heterocycles. The molecule has 2 aliphatic heterocycles. The Morgan fingerprint density at radius 2 is 2.21 bits per heavy atom. The molecule has 0 bridgehead atoms. The molecule has 29 heavy (non-hydrogen) atoms. The molecule has 1 fully saturated rings. The fraction of sp³-hybridized carbons (Fsp3) is 0.409. The van der Waals surface area contributed by atoms with Crippen molar-refractivity contribution in [1.29, 1.82) is 0 Å². The minimum absolute atomic E-state index is 0.232. The average molecular weight is 411 g/mol. The van der Waals surface area contributed by atoms with E-state index in [4.69, 9.17) is 16.0 Å². The van der Waals surface area contributed by atoms with Crippen molar-refractivity contribution in [3.8, 4) is 0 Å². The van der Waals surface area contributed by atoms with Crippen LogP contribution >= 0.6 is 11.6 Å². The van der Waals surface area contributed by atoms with Crippen molar-refractivity contribution < 1.29 is 9.21 Å². The molecule has 7 heteroatoms. The number of amides is 1. The molecule has 1 saturated heterocycles. The first-order chi connectivity index (χ1) is 14.2. The lowest BCUT2D eigenvalue weighted by molar-refractivity contribution is -0.133. The SMILES string of the molecule is O=C(CC1CCCN(c2nc3ccc(Cl)cc3o2)C1)N1CCc2ncccc2C1. The summed E-state index contributed by atoms with van der Waals surface area (Å²) in [6.07, 6.45) is 5.32. The zero-order chi connectivity index (χ0) is 19.8. The van der Waals surface area contributed by atoms with Crippen molar-refractivity contribution in [3.63, 3.8) is 0 Å². The van der Waals surface area contributed by atoms with Gasteiger partial charge in [-0.3, -0.25) is 9.78 Å². The van der Waals surface area contributed by atoms with Crippen LogP contribution in [-0.2, 0) is 17.8 Å². The van der Waals surface area contributed by atoms with Crippen LogP contribution in [0.25, 0.3) is 11.1 Å². The molecule has 0 aliphatic carbocycles. The topological polar surface area (TPSA) is 62.5 Å². The highest BCUT2D eigenvalue weighted by molar-refractivity contribution is 6.31. The number of aromatic nitrogens is 2. The van der Waals surface area contributed by atoms with Gasteiger partial charge in [-0.05, 0) is 42.5 Å². The van der Waals surface area contributed by atoms with E-state index in [2.05, 4.69) is 20.9 Å². The molecule has 2 aliphatic rings. The number of piperidine rings is 1. The quantitative estimate of drug-likeness (QED) is 0.651. The van der Waals surface area contributed by atoms with Gasteiger partial charge in [0.25, 0.3) is 6.01 Å². The van der Waals surface area contributed by atoms with E-state index in [9.17, 15) is 4.79 Å². The molecular weight excluding hydrogens is 388 g/mol. The molecular formula is C22H23ClN4O2. The van der Waals surface area contributed by atoms with Crippen LogP contribution in [-0.4, -0.2) is 40.4 Å². The van der Waals surface area contributed by atoms with Gasteiger partial charge >= 0.3 is 0 Å². The molecule has 6 nitrogen and oxygen atoms in total. The molecule has 1 unspecified atom stereocenters. The molecule has 0 radical (unpaired) electrons. The van der Waals surface area contributed by atoms with Crippen LogP contribution in [0.4, 0.5) is 6.01 Å². The molecule has 150 valence electrons. The van der Waals surface area contributed by atoms with Crippen molar-refractivity contribution in [2.24, 2.45) is 5.92 Å². The number of benzene rings is 1. The molecule has 1 aromatic carbocycles. The summed E-state index contributed by atoms with van der Waals surface area (Å²) in [6.45, 7) is 3.11. The second kappa shape index (κ2) is 7.67. The molecule has 4 heterocycles. The zero-order valence-electron chi connectivity index (χ0n) is 16.2. The summed E-state index contributed by atoms with van der Waals surface area (Å²) in [7, 11) is 0. The largest absolute Gasteiger partial charge is 0.423 e. The number of pyridine rings is 1. The number of carbonyl (C=O) groups excluding carboxylic acids is 1. The Hall–Kier alpha value is -2.60. The first-order valence-corrected chi connectivity index (χ1v) is 10.5. The van der Waals surface area contributed by atoms with E-state index >= 15 is 0 Å². The van der Waals surface area contributed by atoms with Crippen LogP contribution in [0.2, 0.25) is 5.02 Å². The van der Waals surface area contributed by atoms with Gasteiger partial charge in [0.15, 0.2) is 5.58 Å². The van der Waals surface area contributed by atoms with Crippen molar-refractivity contribution in [3.05, 3.63) is 52.8 Å². The van der Waals surface area contributed by atoms with E-state index in [-0.39, 0.29) is 5.91 Å². The van der Waals surface area contributed by atoms with Crippen molar-refractivity contribution in [2.45, 2.75) is 32.2 Å². The Balaban J connectivity index is 1.24. The summed E-state index contributed by atoms with van der Waals surface area (Å²) in [4.78, 5) is 26.1. The van der Waals surface area contributed by atoms with Gasteiger partial charge in [-0.1, -0.05) is 17.7 Å². The van der Waals surface area contributed by atoms with Crippen LogP contribution in [0.3, 0.4) is 0 Å². The minimum Gasteiger partial charge on any atom is -0.423 e. The fourth-order valence-electron chi connectivity index (χ4n) is 4.38. The van der Waals surface area contributed by atoms with E-state index in [1.54, 1.807) is 6.07 Å². The predicted molar refractivity (Wildman–Crippen MR) is 112 cm³/mol. The van der Waals surface area contributed by atoms with Gasteiger partial charge in [0, 0.05) is 62.0 Å². The lowest BCUT2D eigenvalue weighted by Crippen LogP contribution is -2.41. The highest BCUT2D eigenvalue weighted by Crippen LogP contribution is 2.29. The van der Waals surface area contributed by atoms with Crippen molar-refractivity contribution in [2.75, 3.05) is 24.5 Å². The summed E-state index contributed by atoms with van der Waals surface area (Å²) in [5.41, 5.74) is 3.80. The Morgan fingerprint density at radius 3 is 3.14 bits per heavy atom. The number of hydrogen-bond acceptors (Lipinski definition) is 5. The predicted octanol–water partition coefficient (Wildman–Crippen LogP) is 4.07. The number of anilines is 1. The number of nitrogens with zero attached hydrogens (tertiary/aromatic N) is 4. The monoisotopic (exact) mass is 410 g/mol. The molecule has 3 aromatic rings. The van der Waals surface area contributed by atoms with Gasteiger partial charge in [-0.15, -0.1) is 0 Å². The van der Waals surface area contributed by atoms with Gasteiger partial charge < -0.3 is 14.2 Å². The molecule has 0 saturated carbocycles. The maximum Gasteiger partial charge on any atom is 0.298 e. The average Bonchev–Trinajstić information content (AvgIpc) is 3.17. The van der Waals surface area contributed by atoms with Gasteiger partial charge in [0.2, 0.25) is 5.91 Å².